The van der Waals surface area contributed by atoms with Crippen molar-refractivity contribution in [3.8, 4) is 22.9 Å². The van der Waals surface area contributed by atoms with Crippen LogP contribution in [0.25, 0.3) is 34.1 Å². The van der Waals surface area contributed by atoms with Crippen molar-refractivity contribution in [1.82, 2.24) is 9.97 Å². The number of nitrogens with zero attached hydrogens (tertiary/aromatic N) is 2. The van der Waals surface area contributed by atoms with Crippen LogP contribution in [0.4, 0.5) is 0 Å². The van der Waals surface area contributed by atoms with Crippen molar-refractivity contribution in [3.63, 3.8) is 0 Å². The highest BCUT2D eigenvalue weighted by molar-refractivity contribution is 6.30. The Kier molecular flexibility index (Phi) is 4.43. The molecule has 0 radical (unpaired) electrons. The Balaban J connectivity index is 1.62. The van der Waals surface area contributed by atoms with Gasteiger partial charge in [-0.3, -0.25) is 4.79 Å². The lowest BCUT2D eigenvalue weighted by Crippen LogP contribution is -1.99. The summed E-state index contributed by atoms with van der Waals surface area (Å²) in [5.41, 5.74) is 4.56. The zero-order valence-corrected chi connectivity index (χ0v) is 16.8. The Labute approximate surface area is 174 Å². The molecule has 2 aromatic heterocycles. The largest absolute Gasteiger partial charge is 0.441 e. The second kappa shape index (κ2) is 7.26. The van der Waals surface area contributed by atoms with Crippen molar-refractivity contribution in [2.75, 3.05) is 0 Å². The molecule has 30 heavy (non-hydrogen) atoms. The molecule has 0 saturated heterocycles. The van der Waals surface area contributed by atoms with E-state index in [0.29, 0.717) is 47.4 Å². The number of allylic oxidation sites excluding steroid dienone is 2. The lowest BCUT2D eigenvalue weighted by Gasteiger charge is -2.02. The molecular weight excluding hydrogens is 376 g/mol. The van der Waals surface area contributed by atoms with Crippen LogP contribution in [0, 0.1) is 13.8 Å². The molecule has 1 aliphatic rings. The third kappa shape index (κ3) is 3.08. The Bertz CT molecular complexity index is 1260. The van der Waals surface area contributed by atoms with Crippen LogP contribution in [0.2, 0.25) is 0 Å². The summed E-state index contributed by atoms with van der Waals surface area (Å²) in [6, 6.07) is 19.4. The quantitative estimate of drug-likeness (QED) is 0.430. The summed E-state index contributed by atoms with van der Waals surface area (Å²) in [7, 11) is 0. The van der Waals surface area contributed by atoms with E-state index < -0.39 is 0 Å². The number of hydrogen-bond acceptors (Lipinski definition) is 5. The van der Waals surface area contributed by atoms with E-state index in [4.69, 9.17) is 13.8 Å². The van der Waals surface area contributed by atoms with Crippen LogP contribution in [0.15, 0.2) is 69.5 Å². The molecule has 0 bridgehead atoms. The Hall–Kier alpha value is -3.73. The highest BCUT2D eigenvalue weighted by Gasteiger charge is 2.32. The highest BCUT2D eigenvalue weighted by atomic mass is 16.4. The predicted octanol–water partition coefficient (Wildman–Crippen LogP) is 5.89. The number of benzene rings is 2. The summed E-state index contributed by atoms with van der Waals surface area (Å²) in [4.78, 5) is 22.3. The smallest absolute Gasteiger partial charge is 0.226 e. The van der Waals surface area contributed by atoms with E-state index in [-0.39, 0.29) is 5.78 Å². The number of ketones is 1. The van der Waals surface area contributed by atoms with E-state index in [9.17, 15) is 4.79 Å². The van der Waals surface area contributed by atoms with Crippen LogP contribution in [0.3, 0.4) is 0 Å². The number of hydrogen-bond donors (Lipinski definition) is 0. The zero-order valence-electron chi connectivity index (χ0n) is 16.8. The summed E-state index contributed by atoms with van der Waals surface area (Å²) >= 11 is 0. The van der Waals surface area contributed by atoms with Gasteiger partial charge in [-0.25, -0.2) is 9.97 Å². The molecule has 0 fully saturated rings. The topological polar surface area (TPSA) is 69.1 Å². The summed E-state index contributed by atoms with van der Waals surface area (Å²) in [6.07, 6.45) is 1.05. The maximum absolute atomic E-state index is 12.8. The van der Waals surface area contributed by atoms with Gasteiger partial charge in [0.1, 0.15) is 22.9 Å². The lowest BCUT2D eigenvalue weighted by molar-refractivity contribution is -0.113. The molecule has 0 amide bonds. The molecule has 0 atom stereocenters. The minimum absolute atomic E-state index is 0.0599. The first-order valence-corrected chi connectivity index (χ1v) is 9.94. The molecule has 4 aromatic rings. The SMILES string of the molecule is Cc1oc(-c2ccccc2)nc1C1=C(c2nc(-c3ccccc3)oc2C)C(=O)CC1. The number of aromatic nitrogens is 2. The van der Waals surface area contributed by atoms with E-state index in [2.05, 4.69) is 4.98 Å². The number of carbonyl (C=O) groups is 1. The normalized spacial score (nSPS) is 14.0. The van der Waals surface area contributed by atoms with Gasteiger partial charge in [-0.15, -0.1) is 0 Å². The van der Waals surface area contributed by atoms with Gasteiger partial charge < -0.3 is 8.83 Å². The van der Waals surface area contributed by atoms with Gasteiger partial charge in [-0.1, -0.05) is 36.4 Å². The van der Waals surface area contributed by atoms with E-state index >= 15 is 0 Å². The molecule has 0 saturated carbocycles. The third-order valence-electron chi connectivity index (χ3n) is 5.34. The average molecular weight is 396 g/mol. The van der Waals surface area contributed by atoms with Crippen molar-refractivity contribution < 1.29 is 13.6 Å². The number of carbonyl (C=O) groups excluding carboxylic acids is 1. The highest BCUT2D eigenvalue weighted by Crippen LogP contribution is 2.40. The number of rotatable bonds is 4. The van der Waals surface area contributed by atoms with Crippen LogP contribution in [0.5, 0.6) is 0 Å². The second-order valence-electron chi connectivity index (χ2n) is 7.36. The molecule has 0 spiro atoms. The average Bonchev–Trinajstić information content (AvgIpc) is 3.45. The zero-order chi connectivity index (χ0) is 20.7. The fourth-order valence-electron chi connectivity index (χ4n) is 3.88. The fraction of sp³-hybridized carbons (Fsp3) is 0.160. The number of oxazole rings is 2. The first kappa shape index (κ1) is 18.3. The standard InChI is InChI=1S/C25H20N2O3/c1-15-22(26-24(29-15)17-9-5-3-6-10-17)19-13-14-20(28)21(19)23-16(2)30-25(27-23)18-11-7-4-8-12-18/h3-12H,13-14H2,1-2H3. The van der Waals surface area contributed by atoms with E-state index in [1.165, 1.54) is 0 Å². The van der Waals surface area contributed by atoms with E-state index in [1.54, 1.807) is 0 Å². The molecule has 148 valence electrons. The Morgan fingerprint density at radius 2 is 1.20 bits per heavy atom. The molecule has 0 aliphatic heterocycles. The summed E-state index contributed by atoms with van der Waals surface area (Å²) in [5.74, 6) is 2.44. The van der Waals surface area contributed by atoms with Gasteiger partial charge in [-0.2, -0.15) is 0 Å². The van der Waals surface area contributed by atoms with Gasteiger partial charge in [0.2, 0.25) is 11.8 Å². The van der Waals surface area contributed by atoms with E-state index in [0.717, 1.165) is 22.4 Å². The third-order valence-corrected chi connectivity index (χ3v) is 5.34. The van der Waals surface area contributed by atoms with Gasteiger partial charge in [0, 0.05) is 17.5 Å². The molecule has 1 aliphatic carbocycles. The summed E-state index contributed by atoms with van der Waals surface area (Å²) in [6.45, 7) is 3.73. The Morgan fingerprint density at radius 1 is 0.700 bits per heavy atom. The first-order chi connectivity index (χ1) is 14.6. The minimum atomic E-state index is 0.0599. The van der Waals surface area contributed by atoms with Crippen LogP contribution in [0.1, 0.15) is 35.7 Å². The summed E-state index contributed by atoms with van der Waals surface area (Å²) in [5, 5.41) is 0. The van der Waals surface area contributed by atoms with Gasteiger partial charge in [0.15, 0.2) is 5.78 Å². The molecule has 0 unspecified atom stereocenters. The van der Waals surface area contributed by atoms with Crippen LogP contribution in [-0.4, -0.2) is 15.8 Å². The van der Waals surface area contributed by atoms with Gasteiger partial charge in [0.05, 0.1) is 5.57 Å². The second-order valence-corrected chi connectivity index (χ2v) is 7.36. The van der Waals surface area contributed by atoms with Crippen LogP contribution >= 0.6 is 0 Å². The van der Waals surface area contributed by atoms with Crippen molar-refractivity contribution >= 4 is 16.9 Å². The van der Waals surface area contributed by atoms with Crippen LogP contribution < -0.4 is 0 Å². The molecule has 5 rings (SSSR count). The molecule has 2 aromatic carbocycles. The van der Waals surface area contributed by atoms with Gasteiger partial charge in [0.25, 0.3) is 0 Å². The summed E-state index contributed by atoms with van der Waals surface area (Å²) < 4.78 is 11.8. The fourth-order valence-corrected chi connectivity index (χ4v) is 3.88. The number of aryl methyl sites for hydroxylation is 2. The molecule has 2 heterocycles. The predicted molar refractivity (Wildman–Crippen MR) is 114 cm³/mol. The molecule has 5 nitrogen and oxygen atoms in total. The molecular formula is C25H20N2O3. The lowest BCUT2D eigenvalue weighted by atomic mass is 10.0. The van der Waals surface area contributed by atoms with Gasteiger partial charge in [-0.05, 0) is 50.1 Å². The Morgan fingerprint density at radius 3 is 1.77 bits per heavy atom. The van der Waals surface area contributed by atoms with E-state index in [1.807, 2.05) is 74.5 Å². The molecule has 5 heteroatoms. The maximum Gasteiger partial charge on any atom is 0.226 e. The maximum atomic E-state index is 12.8. The van der Waals surface area contributed by atoms with Crippen molar-refractivity contribution in [2.45, 2.75) is 26.7 Å². The van der Waals surface area contributed by atoms with Crippen LogP contribution in [-0.2, 0) is 4.79 Å². The number of Topliss-reactive ketones (excluding diaryl/α,β-unsaturated/α-hetero) is 1. The minimum Gasteiger partial charge on any atom is -0.441 e. The monoisotopic (exact) mass is 396 g/mol. The first-order valence-electron chi connectivity index (χ1n) is 9.94. The van der Waals surface area contributed by atoms with Crippen molar-refractivity contribution in [2.24, 2.45) is 0 Å². The molecule has 0 N–H and O–H groups in total. The van der Waals surface area contributed by atoms with Crippen molar-refractivity contribution in [3.05, 3.63) is 83.6 Å². The van der Waals surface area contributed by atoms with Crippen molar-refractivity contribution in [1.29, 1.82) is 0 Å². The van der Waals surface area contributed by atoms with Gasteiger partial charge >= 0.3 is 0 Å².